The number of rotatable bonds is 4. The Hall–Kier alpha value is -2.08. The van der Waals surface area contributed by atoms with E-state index in [4.69, 9.17) is 4.74 Å². The molecule has 23 heavy (non-hydrogen) atoms. The first-order chi connectivity index (χ1) is 10.9. The van der Waals surface area contributed by atoms with Crippen molar-refractivity contribution >= 4 is 21.7 Å². The van der Waals surface area contributed by atoms with Gasteiger partial charge in [0.1, 0.15) is 21.0 Å². The van der Waals surface area contributed by atoms with Crippen LogP contribution in [0.1, 0.15) is 34.1 Å². The van der Waals surface area contributed by atoms with E-state index in [-0.39, 0.29) is 11.4 Å². The fourth-order valence-electron chi connectivity index (χ4n) is 2.40. The van der Waals surface area contributed by atoms with Crippen molar-refractivity contribution in [2.24, 2.45) is 0 Å². The maximum atomic E-state index is 10.6. The molecule has 0 amide bonds. The third kappa shape index (κ3) is 3.03. The molecule has 0 aliphatic carbocycles. The molecule has 0 spiro atoms. The van der Waals surface area contributed by atoms with Crippen LogP contribution in [0.3, 0.4) is 0 Å². The van der Waals surface area contributed by atoms with Crippen LogP contribution in [-0.4, -0.2) is 25.2 Å². The second kappa shape index (κ2) is 5.85. The molecule has 3 aromatic heterocycles. The number of thiazole rings is 1. The van der Waals surface area contributed by atoms with Gasteiger partial charge in [-0.3, -0.25) is 9.55 Å². The van der Waals surface area contributed by atoms with Gasteiger partial charge in [-0.05, 0) is 39.3 Å². The summed E-state index contributed by atoms with van der Waals surface area (Å²) in [6, 6.07) is 3.86. The molecule has 0 saturated carbocycles. The van der Waals surface area contributed by atoms with Gasteiger partial charge in [-0.2, -0.15) is 0 Å². The number of hydrogen-bond acceptors (Lipinski definition) is 5. The minimum atomic E-state index is -0.379. The van der Waals surface area contributed by atoms with Crippen molar-refractivity contribution < 1.29 is 9.84 Å². The summed E-state index contributed by atoms with van der Waals surface area (Å²) >= 11 is 1.55. The van der Waals surface area contributed by atoms with Gasteiger partial charge < -0.3 is 9.84 Å². The molecule has 3 aromatic rings. The number of nitrogens with zero attached hydrogens (tertiary/aromatic N) is 3. The van der Waals surface area contributed by atoms with Gasteiger partial charge in [0.05, 0.1) is 0 Å². The summed E-state index contributed by atoms with van der Waals surface area (Å²) in [4.78, 5) is 9.67. The van der Waals surface area contributed by atoms with Crippen LogP contribution in [0.15, 0.2) is 24.5 Å². The van der Waals surface area contributed by atoms with E-state index in [9.17, 15) is 5.11 Å². The van der Waals surface area contributed by atoms with E-state index in [2.05, 4.69) is 16.9 Å². The van der Waals surface area contributed by atoms with Crippen molar-refractivity contribution in [2.75, 3.05) is 0 Å². The van der Waals surface area contributed by atoms with Crippen LogP contribution >= 0.6 is 11.3 Å². The summed E-state index contributed by atoms with van der Waals surface area (Å²) in [5, 5.41) is 11.5. The Morgan fingerprint density at radius 2 is 2.13 bits per heavy atom. The van der Waals surface area contributed by atoms with Crippen molar-refractivity contribution in [1.82, 2.24) is 14.5 Å². The molecule has 0 aromatic carbocycles. The summed E-state index contributed by atoms with van der Waals surface area (Å²) in [5.74, 6) is 0.626. The van der Waals surface area contributed by atoms with Crippen LogP contribution in [0.4, 0.5) is 0 Å². The lowest BCUT2D eigenvalue weighted by molar-refractivity contribution is 0.113. The Kier molecular flexibility index (Phi) is 4.02. The summed E-state index contributed by atoms with van der Waals surface area (Å²) in [5.41, 5.74) is 1.17. The molecule has 0 atom stereocenters. The van der Waals surface area contributed by atoms with Crippen molar-refractivity contribution in [1.29, 1.82) is 0 Å². The number of hydrogen-bond donors (Lipinski definition) is 1. The third-order valence-electron chi connectivity index (χ3n) is 3.29. The van der Waals surface area contributed by atoms with E-state index in [0.29, 0.717) is 11.4 Å². The van der Waals surface area contributed by atoms with E-state index < -0.39 is 0 Å². The van der Waals surface area contributed by atoms with E-state index in [1.165, 1.54) is 0 Å². The number of aromatic hydroxyl groups is 1. The van der Waals surface area contributed by atoms with Gasteiger partial charge in [0.25, 0.3) is 0 Å². The SMILES string of the molecule is CCCn1c(OC(C)(C)C)c(O)c2nc(-c3cccnc3)sc21. The number of fused-ring (bicyclic) bond motifs is 1. The normalized spacial score (nSPS) is 12.0. The average Bonchev–Trinajstić information content (AvgIpc) is 3.02. The van der Waals surface area contributed by atoms with Crippen molar-refractivity contribution in [3.63, 3.8) is 0 Å². The lowest BCUT2D eigenvalue weighted by Crippen LogP contribution is -2.24. The lowest BCUT2D eigenvalue weighted by Gasteiger charge is -2.22. The second-order valence-corrected chi connectivity index (χ2v) is 7.41. The van der Waals surface area contributed by atoms with E-state index in [0.717, 1.165) is 28.4 Å². The smallest absolute Gasteiger partial charge is 0.241 e. The fourth-order valence-corrected chi connectivity index (χ4v) is 3.49. The molecule has 0 fully saturated rings. The fraction of sp³-hybridized carbons (Fsp3) is 0.412. The highest BCUT2D eigenvalue weighted by atomic mass is 32.1. The zero-order chi connectivity index (χ0) is 16.6. The van der Waals surface area contributed by atoms with Gasteiger partial charge in [0, 0.05) is 24.5 Å². The summed E-state index contributed by atoms with van der Waals surface area (Å²) in [6.07, 6.45) is 4.47. The topological polar surface area (TPSA) is 60.2 Å². The van der Waals surface area contributed by atoms with Gasteiger partial charge in [0.2, 0.25) is 11.6 Å². The summed E-state index contributed by atoms with van der Waals surface area (Å²) < 4.78 is 7.99. The molecule has 122 valence electrons. The Balaban J connectivity index is 2.14. The van der Waals surface area contributed by atoms with Crippen LogP contribution < -0.4 is 4.74 Å². The van der Waals surface area contributed by atoms with Crippen LogP contribution in [0.25, 0.3) is 20.9 Å². The Morgan fingerprint density at radius 1 is 1.35 bits per heavy atom. The van der Waals surface area contributed by atoms with Crippen LogP contribution in [0.2, 0.25) is 0 Å². The van der Waals surface area contributed by atoms with Gasteiger partial charge >= 0.3 is 0 Å². The molecule has 0 saturated heterocycles. The molecule has 0 radical (unpaired) electrons. The van der Waals surface area contributed by atoms with Gasteiger partial charge in [-0.1, -0.05) is 18.3 Å². The molecular formula is C17H21N3O2S. The van der Waals surface area contributed by atoms with Crippen molar-refractivity contribution in [3.05, 3.63) is 24.5 Å². The quantitative estimate of drug-likeness (QED) is 0.767. The first kappa shape index (κ1) is 15.8. The number of aromatic nitrogens is 3. The minimum Gasteiger partial charge on any atom is -0.502 e. The van der Waals surface area contributed by atoms with Crippen molar-refractivity contribution in [3.8, 4) is 22.2 Å². The number of ether oxygens (including phenoxy) is 1. The molecule has 0 aliphatic heterocycles. The van der Waals surface area contributed by atoms with Crippen LogP contribution in [-0.2, 0) is 6.54 Å². The standard InChI is InChI=1S/C17H21N3O2S/c1-5-9-20-15(22-17(2,3)4)13(21)12-16(20)23-14(19-12)11-7-6-8-18-10-11/h6-8,10,21H,5,9H2,1-4H3. The number of aryl methyl sites for hydroxylation is 1. The monoisotopic (exact) mass is 331 g/mol. The second-order valence-electron chi connectivity index (χ2n) is 6.43. The van der Waals surface area contributed by atoms with Gasteiger partial charge in [0.15, 0.2) is 0 Å². The zero-order valence-corrected chi connectivity index (χ0v) is 14.6. The van der Waals surface area contributed by atoms with Gasteiger partial charge in [-0.15, -0.1) is 0 Å². The predicted molar refractivity (Wildman–Crippen MR) is 93.2 cm³/mol. The average molecular weight is 331 g/mol. The van der Waals surface area contributed by atoms with Gasteiger partial charge in [-0.25, -0.2) is 4.98 Å². The Morgan fingerprint density at radius 3 is 2.74 bits per heavy atom. The first-order valence-corrected chi connectivity index (χ1v) is 8.53. The first-order valence-electron chi connectivity index (χ1n) is 7.72. The summed E-state index contributed by atoms with van der Waals surface area (Å²) in [6.45, 7) is 8.79. The number of pyridine rings is 1. The highest BCUT2D eigenvalue weighted by molar-refractivity contribution is 7.21. The maximum Gasteiger partial charge on any atom is 0.241 e. The molecule has 0 unspecified atom stereocenters. The van der Waals surface area contributed by atoms with Crippen molar-refractivity contribution in [2.45, 2.75) is 46.3 Å². The largest absolute Gasteiger partial charge is 0.502 e. The van der Waals surface area contributed by atoms with E-state index in [1.807, 2.05) is 37.5 Å². The highest BCUT2D eigenvalue weighted by Crippen LogP contribution is 2.44. The van der Waals surface area contributed by atoms with E-state index >= 15 is 0 Å². The highest BCUT2D eigenvalue weighted by Gasteiger charge is 2.26. The predicted octanol–water partition coefficient (Wildman–Crippen LogP) is 4.45. The Labute approximate surface area is 139 Å². The lowest BCUT2D eigenvalue weighted by atomic mass is 10.2. The molecule has 3 rings (SSSR count). The Bertz CT molecular complexity index is 816. The summed E-state index contributed by atoms with van der Waals surface area (Å²) in [7, 11) is 0. The van der Waals surface area contributed by atoms with Crippen LogP contribution in [0, 0.1) is 0 Å². The maximum absolute atomic E-state index is 10.6. The molecule has 5 nitrogen and oxygen atoms in total. The molecule has 1 N–H and O–H groups in total. The molecule has 0 bridgehead atoms. The van der Waals surface area contributed by atoms with Crippen LogP contribution in [0.5, 0.6) is 11.6 Å². The molecule has 0 aliphatic rings. The molecule has 6 heteroatoms. The molecular weight excluding hydrogens is 310 g/mol. The van der Waals surface area contributed by atoms with E-state index in [1.54, 1.807) is 23.7 Å². The molecule has 3 heterocycles. The third-order valence-corrected chi connectivity index (χ3v) is 4.41. The zero-order valence-electron chi connectivity index (χ0n) is 13.8. The minimum absolute atomic E-state index is 0.120.